The lowest BCUT2D eigenvalue weighted by Gasteiger charge is -2.28. The molecule has 3 amide bonds. The van der Waals surface area contributed by atoms with Crippen molar-refractivity contribution < 1.29 is 33.0 Å². The van der Waals surface area contributed by atoms with Gasteiger partial charge in [0.05, 0.1) is 6.04 Å². The van der Waals surface area contributed by atoms with Crippen molar-refractivity contribution >= 4 is 34.7 Å². The number of anilines is 1. The van der Waals surface area contributed by atoms with E-state index in [1.54, 1.807) is 19.2 Å². The number of carboxylic acids is 1. The second-order valence-corrected chi connectivity index (χ2v) is 10.3. The van der Waals surface area contributed by atoms with Crippen molar-refractivity contribution in [2.75, 3.05) is 19.0 Å². The summed E-state index contributed by atoms with van der Waals surface area (Å²) in [4.78, 5) is 42.1. The molecular weight excluding hydrogens is 548 g/mol. The van der Waals surface area contributed by atoms with Crippen molar-refractivity contribution in [3.05, 3.63) is 71.9 Å². The number of pyridine rings is 1. The van der Waals surface area contributed by atoms with E-state index in [-0.39, 0.29) is 24.6 Å². The van der Waals surface area contributed by atoms with Crippen molar-refractivity contribution in [2.24, 2.45) is 11.7 Å². The van der Waals surface area contributed by atoms with E-state index in [0.29, 0.717) is 25.1 Å². The van der Waals surface area contributed by atoms with Crippen LogP contribution < -0.4 is 16.4 Å². The topological polar surface area (TPSA) is 147 Å². The summed E-state index contributed by atoms with van der Waals surface area (Å²) < 4.78 is 33.0. The number of fused-ring (bicyclic) bond motifs is 1. The Hall–Kier alpha value is -4.32. The van der Waals surface area contributed by atoms with Crippen molar-refractivity contribution in [3.63, 3.8) is 0 Å². The minimum absolute atomic E-state index is 0.000464. The highest BCUT2D eigenvalue weighted by Gasteiger charge is 2.23. The minimum atomic E-state index is -1.04. The number of nitrogens with zero attached hydrogens (tertiary/aromatic N) is 2. The Bertz CT molecular complexity index is 1370. The molecule has 1 heterocycles. The fraction of sp³-hybridized carbons (Fsp3) is 0.400. The maximum absolute atomic E-state index is 14.0. The van der Waals surface area contributed by atoms with Crippen molar-refractivity contribution in [1.82, 2.24) is 15.2 Å². The molecule has 12 heteroatoms. The maximum Gasteiger partial charge on any atom is 0.412 e. The monoisotopic (exact) mass is 585 g/mol. The number of nitrogens with two attached hydrogens (primary N) is 1. The number of carbonyl (C=O) groups excluding carboxylic acids is 2. The molecule has 0 saturated carbocycles. The summed E-state index contributed by atoms with van der Waals surface area (Å²) in [6, 6.07) is 11.0. The molecule has 0 radical (unpaired) electrons. The van der Waals surface area contributed by atoms with Gasteiger partial charge in [-0.2, -0.15) is 0 Å². The predicted molar refractivity (Wildman–Crippen MR) is 155 cm³/mol. The second-order valence-electron chi connectivity index (χ2n) is 10.3. The van der Waals surface area contributed by atoms with E-state index in [0.717, 1.165) is 29.7 Å². The lowest BCUT2D eigenvalue weighted by molar-refractivity contribution is -0.139. The molecule has 0 fully saturated rings. The molecule has 3 atom stereocenters. The lowest BCUT2D eigenvalue weighted by atomic mass is 9.95. The Labute approximate surface area is 243 Å². The highest BCUT2D eigenvalue weighted by atomic mass is 19.2. The number of unbranched alkanes of at least 4 members (excludes halogenated alkanes) is 2. The molecule has 3 rings (SSSR count). The molecule has 1 unspecified atom stereocenters. The van der Waals surface area contributed by atoms with Gasteiger partial charge in [-0.05, 0) is 36.3 Å². The number of hydrogen-bond donors (Lipinski definition) is 4. The van der Waals surface area contributed by atoms with Crippen molar-refractivity contribution in [3.8, 4) is 0 Å². The van der Waals surface area contributed by atoms with Crippen molar-refractivity contribution in [2.45, 2.75) is 57.7 Å². The summed E-state index contributed by atoms with van der Waals surface area (Å²) in [5, 5.41) is 16.1. The highest BCUT2D eigenvalue weighted by molar-refractivity contribution is 5.89. The SMILES string of the molecule is CC(CCCCC[C@@H](COC(=O)Nc1cc2ccccc2cn1)N(C)C(=O)NCc1cccc(F)c1F)[C@@H](N)C(=O)O. The third-order valence-corrected chi connectivity index (χ3v) is 7.19. The maximum atomic E-state index is 14.0. The summed E-state index contributed by atoms with van der Waals surface area (Å²) in [6.45, 7) is 1.44. The Balaban J connectivity index is 1.57. The first-order chi connectivity index (χ1) is 20.1. The summed E-state index contributed by atoms with van der Waals surface area (Å²) in [5.41, 5.74) is 5.68. The van der Waals surface area contributed by atoms with Gasteiger partial charge in [0, 0.05) is 30.7 Å². The van der Waals surface area contributed by atoms with Gasteiger partial charge in [-0.25, -0.2) is 23.4 Å². The number of urea groups is 1. The molecule has 0 aliphatic carbocycles. The standard InChI is InChI=1S/C30H37F2N5O5/c1-19(27(33)28(38)39)9-4-3-5-13-23(37(2)29(40)35-17-22-12-8-14-24(31)26(22)32)18-42-30(41)36-25-15-20-10-6-7-11-21(20)16-34-25/h6-8,10-12,14-16,19,23,27H,3-5,9,13,17-18,33H2,1-2H3,(H,35,40)(H,38,39)(H,34,36,41)/t19?,23-,27+/m0/s1. The summed E-state index contributed by atoms with van der Waals surface area (Å²) in [6.07, 6.45) is 4.13. The number of aromatic nitrogens is 1. The second kappa shape index (κ2) is 15.6. The Morgan fingerprint density at radius 2 is 1.76 bits per heavy atom. The van der Waals surface area contributed by atoms with Gasteiger partial charge in [0.15, 0.2) is 11.6 Å². The Kier molecular flexibility index (Phi) is 12.0. The van der Waals surface area contributed by atoms with Gasteiger partial charge in [0.25, 0.3) is 0 Å². The Morgan fingerprint density at radius 1 is 1.05 bits per heavy atom. The number of ether oxygens (including phenoxy) is 1. The number of carbonyl (C=O) groups is 3. The zero-order valence-electron chi connectivity index (χ0n) is 23.7. The van der Waals surface area contributed by atoms with Crippen LogP contribution in [0.15, 0.2) is 54.7 Å². The first-order valence-corrected chi connectivity index (χ1v) is 13.8. The molecule has 3 aromatic rings. The normalized spacial score (nSPS) is 13.2. The van der Waals surface area contributed by atoms with E-state index in [1.807, 2.05) is 24.3 Å². The minimum Gasteiger partial charge on any atom is -0.480 e. The van der Waals surface area contributed by atoms with Crippen LogP contribution in [0, 0.1) is 17.6 Å². The number of halogens is 2. The molecule has 0 saturated heterocycles. The summed E-state index contributed by atoms with van der Waals surface area (Å²) in [5.74, 6) is -2.96. The fourth-order valence-electron chi connectivity index (χ4n) is 4.45. The van der Waals surface area contributed by atoms with Gasteiger partial charge in [0.1, 0.15) is 18.5 Å². The first kappa shape index (κ1) is 32.2. The van der Waals surface area contributed by atoms with E-state index < -0.39 is 41.8 Å². The zero-order valence-corrected chi connectivity index (χ0v) is 23.7. The van der Waals surface area contributed by atoms with Crippen LogP contribution >= 0.6 is 0 Å². The zero-order chi connectivity index (χ0) is 30.6. The molecule has 0 spiro atoms. The average Bonchev–Trinajstić information content (AvgIpc) is 2.98. The smallest absolute Gasteiger partial charge is 0.412 e. The van der Waals surface area contributed by atoms with Crippen LogP contribution in [0.3, 0.4) is 0 Å². The molecule has 0 bridgehead atoms. The number of rotatable bonds is 14. The van der Waals surface area contributed by atoms with Gasteiger partial charge >= 0.3 is 18.1 Å². The third-order valence-electron chi connectivity index (χ3n) is 7.19. The summed E-state index contributed by atoms with van der Waals surface area (Å²) in [7, 11) is 1.53. The van der Waals surface area contributed by atoms with Crippen LogP contribution in [0.25, 0.3) is 10.8 Å². The molecule has 0 aliphatic rings. The number of hydrogen-bond acceptors (Lipinski definition) is 6. The van der Waals surface area contributed by atoms with E-state index in [4.69, 9.17) is 15.6 Å². The highest BCUT2D eigenvalue weighted by Crippen LogP contribution is 2.18. The molecule has 1 aromatic heterocycles. The van der Waals surface area contributed by atoms with E-state index in [2.05, 4.69) is 15.6 Å². The van der Waals surface area contributed by atoms with E-state index in [9.17, 15) is 23.2 Å². The lowest BCUT2D eigenvalue weighted by Crippen LogP contribution is -2.46. The number of benzene rings is 2. The van der Waals surface area contributed by atoms with Gasteiger partial charge in [-0.1, -0.05) is 62.6 Å². The number of likely N-dealkylation sites (N-methyl/N-ethyl adjacent to an activating group) is 1. The number of amides is 3. The number of carboxylic acid groups (broad SMARTS) is 1. The fourth-order valence-corrected chi connectivity index (χ4v) is 4.45. The van der Waals surface area contributed by atoms with E-state index in [1.165, 1.54) is 24.1 Å². The third kappa shape index (κ3) is 9.37. The van der Waals surface area contributed by atoms with Crippen LogP contribution in [0.4, 0.5) is 24.2 Å². The van der Waals surface area contributed by atoms with Crippen molar-refractivity contribution in [1.29, 1.82) is 0 Å². The molecule has 226 valence electrons. The van der Waals surface area contributed by atoms with Gasteiger partial charge in [-0.3, -0.25) is 10.1 Å². The van der Waals surface area contributed by atoms with Crippen LogP contribution in [0.1, 0.15) is 44.6 Å². The molecule has 2 aromatic carbocycles. The summed E-state index contributed by atoms with van der Waals surface area (Å²) >= 11 is 0. The van der Waals surface area contributed by atoms with Crippen LogP contribution in [0.5, 0.6) is 0 Å². The predicted octanol–water partition coefficient (Wildman–Crippen LogP) is 5.27. The molecule has 5 N–H and O–H groups in total. The van der Waals surface area contributed by atoms with Crippen LogP contribution in [0.2, 0.25) is 0 Å². The van der Waals surface area contributed by atoms with Crippen LogP contribution in [-0.4, -0.2) is 58.8 Å². The first-order valence-electron chi connectivity index (χ1n) is 13.8. The van der Waals surface area contributed by atoms with Crippen LogP contribution in [-0.2, 0) is 16.1 Å². The molecular formula is C30H37F2N5O5. The van der Waals surface area contributed by atoms with Gasteiger partial charge in [-0.15, -0.1) is 0 Å². The number of nitrogens with one attached hydrogen (secondary N) is 2. The quantitative estimate of drug-likeness (QED) is 0.189. The van der Waals surface area contributed by atoms with Gasteiger partial charge < -0.3 is 25.8 Å². The largest absolute Gasteiger partial charge is 0.480 e. The van der Waals surface area contributed by atoms with E-state index >= 15 is 0 Å². The molecule has 42 heavy (non-hydrogen) atoms. The number of aliphatic carboxylic acids is 1. The Morgan fingerprint density at radius 3 is 2.50 bits per heavy atom. The molecule has 0 aliphatic heterocycles. The average molecular weight is 586 g/mol. The van der Waals surface area contributed by atoms with Gasteiger partial charge in [0.2, 0.25) is 0 Å². The molecule has 10 nitrogen and oxygen atoms in total.